The molecule has 2 heterocycles. The fraction of sp³-hybridized carbons (Fsp3) is 0.429. The maximum atomic E-state index is 12.2. The van der Waals surface area contributed by atoms with Gasteiger partial charge in [0.25, 0.3) is 5.91 Å². The van der Waals surface area contributed by atoms with Crippen molar-refractivity contribution in [3.05, 3.63) is 36.2 Å². The van der Waals surface area contributed by atoms with Crippen molar-refractivity contribution < 1.29 is 9.53 Å². The van der Waals surface area contributed by atoms with Crippen LogP contribution in [0, 0.1) is 0 Å². The van der Waals surface area contributed by atoms with Crippen molar-refractivity contribution in [1.29, 1.82) is 0 Å². The average molecular weight is 287 g/mol. The Hall–Kier alpha value is -2.44. The van der Waals surface area contributed by atoms with Crippen LogP contribution in [0.3, 0.4) is 0 Å². The summed E-state index contributed by atoms with van der Waals surface area (Å²) < 4.78 is 5.51. The van der Waals surface area contributed by atoms with Crippen molar-refractivity contribution in [3.8, 4) is 5.75 Å². The summed E-state index contributed by atoms with van der Waals surface area (Å²) in [7, 11) is 0. The molecule has 1 aromatic heterocycles. The molecule has 1 saturated heterocycles. The molecule has 0 radical (unpaired) electrons. The summed E-state index contributed by atoms with van der Waals surface area (Å²) in [6, 6.07) is 9.35. The monoisotopic (exact) mass is 287 g/mol. The van der Waals surface area contributed by atoms with Crippen molar-refractivity contribution >= 4 is 5.91 Å². The number of H-pyrrole nitrogens is 1. The van der Waals surface area contributed by atoms with Gasteiger partial charge in [-0.15, -0.1) is 10.2 Å². The number of carbonyl (C=O) groups is 1. The quantitative estimate of drug-likeness (QED) is 0.906. The Morgan fingerprint density at radius 2 is 2.24 bits per heavy atom. The molecule has 1 fully saturated rings. The number of hydrogen-bond acceptors (Lipinski definition) is 5. The molecule has 0 saturated carbocycles. The van der Waals surface area contributed by atoms with E-state index in [1.165, 1.54) is 0 Å². The lowest BCUT2D eigenvalue weighted by Gasteiger charge is -2.31. The summed E-state index contributed by atoms with van der Waals surface area (Å²) in [4.78, 5) is 14.0. The minimum atomic E-state index is -0.00736. The third kappa shape index (κ3) is 3.36. The number of amides is 1. The van der Waals surface area contributed by atoms with Gasteiger partial charge in [-0.2, -0.15) is 5.21 Å². The summed E-state index contributed by atoms with van der Waals surface area (Å²) in [6.07, 6.45) is 1.92. The number of ether oxygens (including phenoxy) is 1. The molecular weight excluding hydrogens is 270 g/mol. The molecule has 1 unspecified atom stereocenters. The second kappa shape index (κ2) is 6.34. The Morgan fingerprint density at radius 3 is 3.00 bits per heavy atom. The number of rotatable bonds is 4. The molecule has 3 rings (SSSR count). The van der Waals surface area contributed by atoms with E-state index in [2.05, 4.69) is 20.6 Å². The molecule has 0 aliphatic carbocycles. The molecule has 2 aromatic rings. The molecule has 7 heteroatoms. The molecular formula is C14H17N5O2. The van der Waals surface area contributed by atoms with Crippen molar-refractivity contribution in [2.24, 2.45) is 0 Å². The van der Waals surface area contributed by atoms with E-state index in [0.717, 1.165) is 19.4 Å². The Morgan fingerprint density at radius 1 is 1.38 bits per heavy atom. The van der Waals surface area contributed by atoms with Gasteiger partial charge in [-0.1, -0.05) is 23.4 Å². The standard InChI is InChI=1S/C14H17N5O2/c20-13(10-21-12-6-2-1-3-7-12)19-8-4-5-11(9-19)14-15-17-18-16-14/h1-3,6-7,11H,4-5,8-10H2,(H,15,16,17,18). The lowest BCUT2D eigenvalue weighted by molar-refractivity contribution is -0.134. The normalized spacial score (nSPS) is 18.5. The van der Waals surface area contributed by atoms with Crippen molar-refractivity contribution in [2.45, 2.75) is 18.8 Å². The van der Waals surface area contributed by atoms with Gasteiger partial charge < -0.3 is 9.64 Å². The number of carbonyl (C=O) groups excluding carboxylic acids is 1. The number of para-hydroxylation sites is 1. The first-order chi connectivity index (χ1) is 10.3. The number of aromatic nitrogens is 4. The van der Waals surface area contributed by atoms with Crippen molar-refractivity contribution in [3.63, 3.8) is 0 Å². The van der Waals surface area contributed by atoms with Crippen LogP contribution < -0.4 is 4.74 Å². The van der Waals surface area contributed by atoms with E-state index >= 15 is 0 Å². The lowest BCUT2D eigenvalue weighted by Crippen LogP contribution is -2.41. The highest BCUT2D eigenvalue weighted by Gasteiger charge is 2.27. The van der Waals surface area contributed by atoms with Crippen molar-refractivity contribution in [2.75, 3.05) is 19.7 Å². The summed E-state index contributed by atoms with van der Waals surface area (Å²) in [5.74, 6) is 1.53. The second-order valence-electron chi connectivity index (χ2n) is 5.05. The highest BCUT2D eigenvalue weighted by atomic mass is 16.5. The van der Waals surface area contributed by atoms with E-state index in [1.807, 2.05) is 35.2 Å². The smallest absolute Gasteiger partial charge is 0.260 e. The van der Waals surface area contributed by atoms with Gasteiger partial charge in [-0.3, -0.25) is 4.79 Å². The minimum absolute atomic E-state index is 0.00736. The SMILES string of the molecule is O=C(COc1ccccc1)N1CCCC(c2nn[nH]n2)C1. The average Bonchev–Trinajstić information content (AvgIpc) is 3.08. The molecule has 1 aromatic carbocycles. The first-order valence-electron chi connectivity index (χ1n) is 7.02. The van der Waals surface area contributed by atoms with E-state index in [0.29, 0.717) is 18.1 Å². The van der Waals surface area contributed by atoms with E-state index < -0.39 is 0 Å². The minimum Gasteiger partial charge on any atom is -0.484 e. The predicted octanol–water partition coefficient (Wildman–Crippen LogP) is 0.985. The molecule has 0 bridgehead atoms. The third-order valence-corrected chi connectivity index (χ3v) is 3.61. The van der Waals surface area contributed by atoms with Gasteiger partial charge >= 0.3 is 0 Å². The van der Waals surface area contributed by atoms with Crippen LogP contribution in [0.4, 0.5) is 0 Å². The van der Waals surface area contributed by atoms with Gasteiger partial charge in [-0.25, -0.2) is 0 Å². The van der Waals surface area contributed by atoms with Crippen LogP contribution in [-0.2, 0) is 4.79 Å². The zero-order chi connectivity index (χ0) is 14.5. The first kappa shape index (κ1) is 13.5. The van der Waals surface area contributed by atoms with E-state index in [9.17, 15) is 4.79 Å². The van der Waals surface area contributed by atoms with Crippen LogP contribution in [0.15, 0.2) is 30.3 Å². The van der Waals surface area contributed by atoms with Gasteiger partial charge in [0, 0.05) is 19.0 Å². The fourth-order valence-corrected chi connectivity index (χ4v) is 2.51. The molecule has 7 nitrogen and oxygen atoms in total. The molecule has 1 amide bonds. The number of piperidine rings is 1. The molecule has 110 valence electrons. The number of nitrogens with one attached hydrogen (secondary N) is 1. The maximum Gasteiger partial charge on any atom is 0.260 e. The number of likely N-dealkylation sites (tertiary alicyclic amines) is 1. The summed E-state index contributed by atoms with van der Waals surface area (Å²) in [6.45, 7) is 1.44. The summed E-state index contributed by atoms with van der Waals surface area (Å²) in [5, 5.41) is 14.1. The Balaban J connectivity index is 1.55. The largest absolute Gasteiger partial charge is 0.484 e. The van der Waals surface area contributed by atoms with Crippen LogP contribution in [0.1, 0.15) is 24.6 Å². The Kier molecular flexibility index (Phi) is 4.09. The number of aromatic amines is 1. The van der Waals surface area contributed by atoms with Crippen LogP contribution >= 0.6 is 0 Å². The predicted molar refractivity (Wildman–Crippen MR) is 74.7 cm³/mol. The third-order valence-electron chi connectivity index (χ3n) is 3.61. The van der Waals surface area contributed by atoms with Gasteiger partial charge in [0.1, 0.15) is 5.75 Å². The fourth-order valence-electron chi connectivity index (χ4n) is 2.51. The van der Waals surface area contributed by atoms with Crippen LogP contribution in [0.5, 0.6) is 5.75 Å². The molecule has 1 N–H and O–H groups in total. The first-order valence-corrected chi connectivity index (χ1v) is 7.02. The van der Waals surface area contributed by atoms with Gasteiger partial charge in [0.2, 0.25) is 0 Å². The van der Waals surface area contributed by atoms with Gasteiger partial charge in [-0.05, 0) is 25.0 Å². The van der Waals surface area contributed by atoms with E-state index in [4.69, 9.17) is 4.74 Å². The van der Waals surface area contributed by atoms with E-state index in [-0.39, 0.29) is 18.4 Å². The molecule has 21 heavy (non-hydrogen) atoms. The molecule has 1 aliphatic heterocycles. The number of tetrazole rings is 1. The number of nitrogens with zero attached hydrogens (tertiary/aromatic N) is 4. The highest BCUT2D eigenvalue weighted by Crippen LogP contribution is 2.23. The lowest BCUT2D eigenvalue weighted by atomic mass is 9.97. The topological polar surface area (TPSA) is 84.0 Å². The molecule has 1 atom stereocenters. The Labute approximate surface area is 122 Å². The highest BCUT2D eigenvalue weighted by molar-refractivity contribution is 5.78. The zero-order valence-corrected chi connectivity index (χ0v) is 11.6. The zero-order valence-electron chi connectivity index (χ0n) is 11.6. The maximum absolute atomic E-state index is 12.2. The van der Waals surface area contributed by atoms with Gasteiger partial charge in [0.15, 0.2) is 12.4 Å². The van der Waals surface area contributed by atoms with Gasteiger partial charge in [0.05, 0.1) is 0 Å². The van der Waals surface area contributed by atoms with Crippen LogP contribution in [0.25, 0.3) is 0 Å². The summed E-state index contributed by atoms with van der Waals surface area (Å²) in [5.41, 5.74) is 0. The van der Waals surface area contributed by atoms with Crippen molar-refractivity contribution in [1.82, 2.24) is 25.5 Å². The molecule has 0 spiro atoms. The molecule has 1 aliphatic rings. The van der Waals surface area contributed by atoms with Crippen LogP contribution in [0.2, 0.25) is 0 Å². The number of hydrogen-bond donors (Lipinski definition) is 1. The summed E-state index contributed by atoms with van der Waals surface area (Å²) >= 11 is 0. The number of benzene rings is 1. The Bertz CT molecular complexity index is 572. The second-order valence-corrected chi connectivity index (χ2v) is 5.05. The van der Waals surface area contributed by atoms with E-state index in [1.54, 1.807) is 0 Å². The van der Waals surface area contributed by atoms with Crippen LogP contribution in [-0.4, -0.2) is 51.1 Å².